The monoisotopic (exact) mass is 439 g/mol. The van der Waals surface area contributed by atoms with Gasteiger partial charge in [0.25, 0.3) is 0 Å². The zero-order valence-electron chi connectivity index (χ0n) is 19.1. The lowest BCUT2D eigenvalue weighted by molar-refractivity contribution is -0.141. The molecule has 2 saturated carbocycles. The summed E-state index contributed by atoms with van der Waals surface area (Å²) in [5.74, 6) is 0.966. The number of carbonyl (C=O) groups excluding carboxylic acids is 1. The summed E-state index contributed by atoms with van der Waals surface area (Å²) >= 11 is 0. The fourth-order valence-electron chi connectivity index (χ4n) is 6.96. The number of carboxylic acid groups (broad SMARTS) is 1. The van der Waals surface area contributed by atoms with Crippen molar-refractivity contribution in [1.29, 1.82) is 0 Å². The van der Waals surface area contributed by atoms with E-state index in [9.17, 15) is 14.7 Å². The molecule has 6 nitrogen and oxygen atoms in total. The van der Waals surface area contributed by atoms with Crippen molar-refractivity contribution in [3.05, 3.63) is 30.3 Å². The minimum Gasteiger partial charge on any atom is -0.480 e. The molecule has 2 amide bonds. The van der Waals surface area contributed by atoms with Gasteiger partial charge in [-0.2, -0.15) is 0 Å². The van der Waals surface area contributed by atoms with E-state index in [0.29, 0.717) is 13.0 Å². The van der Waals surface area contributed by atoms with Crippen molar-refractivity contribution in [2.24, 2.45) is 11.8 Å². The minimum absolute atomic E-state index is 0.124. The van der Waals surface area contributed by atoms with Crippen LogP contribution in [0.2, 0.25) is 0 Å². The zero-order valence-corrected chi connectivity index (χ0v) is 19.1. The first kappa shape index (κ1) is 21.7. The summed E-state index contributed by atoms with van der Waals surface area (Å²) in [5.41, 5.74) is 0.888. The summed E-state index contributed by atoms with van der Waals surface area (Å²) < 4.78 is 0. The van der Waals surface area contributed by atoms with Gasteiger partial charge in [0.2, 0.25) is 0 Å². The summed E-state index contributed by atoms with van der Waals surface area (Å²) in [6.07, 6.45) is 11.6. The molecule has 2 aliphatic carbocycles. The van der Waals surface area contributed by atoms with Crippen LogP contribution in [0.25, 0.3) is 0 Å². The molecule has 0 spiro atoms. The average molecular weight is 440 g/mol. The molecule has 1 aromatic carbocycles. The number of hydrogen-bond donors (Lipinski definition) is 1. The van der Waals surface area contributed by atoms with Gasteiger partial charge < -0.3 is 14.9 Å². The number of aliphatic carboxylic acids is 1. The molecule has 4 aliphatic rings. The topological polar surface area (TPSA) is 64.1 Å². The van der Waals surface area contributed by atoms with Gasteiger partial charge in [-0.1, -0.05) is 37.5 Å². The third kappa shape index (κ3) is 4.39. The van der Waals surface area contributed by atoms with Crippen LogP contribution < -0.4 is 4.90 Å². The van der Waals surface area contributed by atoms with E-state index in [2.05, 4.69) is 4.90 Å². The lowest BCUT2D eigenvalue weighted by Crippen LogP contribution is -2.55. The van der Waals surface area contributed by atoms with E-state index in [-0.39, 0.29) is 12.1 Å². The standard InChI is InChI=1S/C26H37N3O3/c30-25(31)24-10-5-13-28(24)26(32)29(21-8-2-1-3-9-21)22-11-14-27(15-12-22)23-17-19-6-4-7-20(16-19)18-23/h1-3,8-9,19-20,22-24H,4-7,10-18H2,(H,30,31)/t19-,20+,23+,24-/m0/s1. The number of likely N-dealkylation sites (tertiary alicyclic amines) is 2. The van der Waals surface area contributed by atoms with Gasteiger partial charge in [-0.25, -0.2) is 9.59 Å². The first-order valence-corrected chi connectivity index (χ1v) is 12.7. The Hall–Kier alpha value is -2.08. The van der Waals surface area contributed by atoms with Gasteiger partial charge in [-0.3, -0.25) is 4.90 Å². The van der Waals surface area contributed by atoms with Crippen molar-refractivity contribution in [3.63, 3.8) is 0 Å². The van der Waals surface area contributed by atoms with Crippen LogP contribution in [0.3, 0.4) is 0 Å². The molecule has 1 aromatic rings. The second-order valence-electron chi connectivity index (χ2n) is 10.5. The highest BCUT2D eigenvalue weighted by molar-refractivity contribution is 5.95. The number of urea groups is 1. The third-order valence-electron chi connectivity index (χ3n) is 8.51. The number of fused-ring (bicyclic) bond motifs is 2. The Bertz CT molecular complexity index is 796. The van der Waals surface area contributed by atoms with Crippen LogP contribution >= 0.6 is 0 Å². The fourth-order valence-corrected chi connectivity index (χ4v) is 6.96. The molecular formula is C26H37N3O3. The molecule has 5 rings (SSSR count). The van der Waals surface area contributed by atoms with E-state index >= 15 is 0 Å². The quantitative estimate of drug-likeness (QED) is 0.745. The number of para-hydroxylation sites is 1. The number of anilines is 1. The predicted molar refractivity (Wildman–Crippen MR) is 125 cm³/mol. The second kappa shape index (κ2) is 9.42. The predicted octanol–water partition coefficient (Wildman–Crippen LogP) is 4.60. The molecule has 0 unspecified atom stereocenters. The van der Waals surface area contributed by atoms with Gasteiger partial charge >= 0.3 is 12.0 Å². The summed E-state index contributed by atoms with van der Waals surface area (Å²) in [5, 5.41) is 9.62. The molecule has 2 aliphatic heterocycles. The zero-order chi connectivity index (χ0) is 22.1. The first-order chi connectivity index (χ1) is 15.6. The number of carboxylic acids is 1. The Balaban J connectivity index is 1.29. The van der Waals surface area contributed by atoms with Crippen molar-refractivity contribution >= 4 is 17.7 Å². The molecule has 2 bridgehead atoms. The Morgan fingerprint density at radius 3 is 2.19 bits per heavy atom. The molecule has 174 valence electrons. The molecule has 1 N–H and O–H groups in total. The molecule has 4 atom stereocenters. The van der Waals surface area contributed by atoms with Gasteiger partial charge in [0.15, 0.2) is 0 Å². The SMILES string of the molecule is O=C(O)[C@@H]1CCCN1C(=O)N(c1ccccc1)C1CCN([C@H]2C[C@@H]3CCC[C@@H](C3)C2)CC1. The van der Waals surface area contributed by atoms with Gasteiger partial charge in [-0.15, -0.1) is 0 Å². The van der Waals surface area contributed by atoms with E-state index < -0.39 is 12.0 Å². The van der Waals surface area contributed by atoms with Crippen LogP contribution in [-0.2, 0) is 4.79 Å². The molecule has 2 saturated heterocycles. The van der Waals surface area contributed by atoms with E-state index in [4.69, 9.17) is 0 Å². The van der Waals surface area contributed by atoms with E-state index in [0.717, 1.165) is 55.9 Å². The minimum atomic E-state index is -0.887. The van der Waals surface area contributed by atoms with E-state index in [1.165, 1.54) is 38.5 Å². The molecular weight excluding hydrogens is 402 g/mol. The number of benzene rings is 1. The maximum Gasteiger partial charge on any atom is 0.326 e. The summed E-state index contributed by atoms with van der Waals surface area (Å²) in [6.45, 7) is 2.60. The highest BCUT2D eigenvalue weighted by atomic mass is 16.4. The van der Waals surface area contributed by atoms with E-state index in [1.54, 1.807) is 4.90 Å². The van der Waals surface area contributed by atoms with Crippen LogP contribution in [0.4, 0.5) is 10.5 Å². The third-order valence-corrected chi connectivity index (χ3v) is 8.51. The van der Waals surface area contributed by atoms with Crippen molar-refractivity contribution in [2.45, 2.75) is 82.3 Å². The Labute approximate surface area is 191 Å². The van der Waals surface area contributed by atoms with Crippen molar-refractivity contribution in [1.82, 2.24) is 9.80 Å². The van der Waals surface area contributed by atoms with Crippen molar-refractivity contribution < 1.29 is 14.7 Å². The number of amides is 2. The number of piperidine rings is 1. The largest absolute Gasteiger partial charge is 0.480 e. The summed E-state index contributed by atoms with van der Waals surface area (Å²) in [7, 11) is 0. The van der Waals surface area contributed by atoms with Crippen LogP contribution in [-0.4, -0.2) is 64.7 Å². The van der Waals surface area contributed by atoms with Crippen LogP contribution in [0.15, 0.2) is 30.3 Å². The summed E-state index contributed by atoms with van der Waals surface area (Å²) in [6, 6.07) is 9.87. The molecule has 6 heteroatoms. The molecule has 2 heterocycles. The van der Waals surface area contributed by atoms with Gasteiger partial charge in [0.1, 0.15) is 6.04 Å². The number of rotatable bonds is 4. The van der Waals surface area contributed by atoms with Gasteiger partial charge in [-0.05, 0) is 68.9 Å². The highest BCUT2D eigenvalue weighted by Gasteiger charge is 2.41. The molecule has 0 aromatic heterocycles. The maximum absolute atomic E-state index is 13.7. The number of hydrogen-bond acceptors (Lipinski definition) is 3. The average Bonchev–Trinajstić information content (AvgIpc) is 3.31. The molecule has 0 radical (unpaired) electrons. The second-order valence-corrected chi connectivity index (χ2v) is 10.5. The maximum atomic E-state index is 13.7. The smallest absolute Gasteiger partial charge is 0.326 e. The van der Waals surface area contributed by atoms with Gasteiger partial charge in [0.05, 0.1) is 0 Å². The van der Waals surface area contributed by atoms with Crippen LogP contribution in [0, 0.1) is 11.8 Å². The van der Waals surface area contributed by atoms with Crippen LogP contribution in [0.1, 0.15) is 64.2 Å². The van der Waals surface area contributed by atoms with Crippen molar-refractivity contribution in [3.8, 4) is 0 Å². The number of carbonyl (C=O) groups is 2. The van der Waals surface area contributed by atoms with Gasteiger partial charge in [0, 0.05) is 37.4 Å². The lowest BCUT2D eigenvalue weighted by atomic mass is 9.70. The Kier molecular flexibility index (Phi) is 6.40. The Morgan fingerprint density at radius 2 is 1.53 bits per heavy atom. The van der Waals surface area contributed by atoms with Crippen LogP contribution in [0.5, 0.6) is 0 Å². The fraction of sp³-hybridized carbons (Fsp3) is 0.692. The Morgan fingerprint density at radius 1 is 0.844 bits per heavy atom. The molecule has 32 heavy (non-hydrogen) atoms. The first-order valence-electron chi connectivity index (χ1n) is 12.7. The van der Waals surface area contributed by atoms with Crippen molar-refractivity contribution in [2.75, 3.05) is 24.5 Å². The summed E-state index contributed by atoms with van der Waals surface area (Å²) in [4.78, 5) is 31.6. The molecule has 4 fully saturated rings. The number of nitrogens with zero attached hydrogens (tertiary/aromatic N) is 3. The van der Waals surface area contributed by atoms with E-state index in [1.807, 2.05) is 35.2 Å². The lowest BCUT2D eigenvalue weighted by Gasteiger charge is -2.47. The normalized spacial score (nSPS) is 31.4. The highest BCUT2D eigenvalue weighted by Crippen LogP contribution is 2.42.